The number of anilines is 1. The van der Waals surface area contributed by atoms with E-state index in [2.05, 4.69) is 15.5 Å². The summed E-state index contributed by atoms with van der Waals surface area (Å²) in [5.74, 6) is 0.668. The molecule has 4 nitrogen and oxygen atoms in total. The van der Waals surface area contributed by atoms with Crippen molar-refractivity contribution in [2.24, 2.45) is 0 Å². The number of aromatic nitrogens is 2. The van der Waals surface area contributed by atoms with Crippen molar-refractivity contribution in [2.45, 2.75) is 38.9 Å². The average Bonchev–Trinajstić information content (AvgIpc) is 2.86. The van der Waals surface area contributed by atoms with E-state index in [0.717, 1.165) is 12.1 Å². The monoisotopic (exact) mass is 299 g/mol. The van der Waals surface area contributed by atoms with Crippen LogP contribution >= 0.6 is 0 Å². The molecule has 0 spiro atoms. The first-order valence-electron chi connectivity index (χ1n) is 6.54. The first kappa shape index (κ1) is 15.3. The maximum absolute atomic E-state index is 12.7. The number of rotatable bonds is 4. The molecule has 0 saturated heterocycles. The van der Waals surface area contributed by atoms with Gasteiger partial charge in [0.2, 0.25) is 0 Å². The number of nitrogens with zero attached hydrogens (tertiary/aromatic N) is 2. The van der Waals surface area contributed by atoms with Crippen molar-refractivity contribution in [1.29, 1.82) is 0 Å². The van der Waals surface area contributed by atoms with E-state index in [1.165, 1.54) is 6.07 Å². The fraction of sp³-hybridized carbons (Fsp3) is 0.429. The van der Waals surface area contributed by atoms with Gasteiger partial charge < -0.3 is 9.84 Å². The number of hydrogen-bond acceptors (Lipinski definition) is 4. The molecule has 1 aromatic heterocycles. The van der Waals surface area contributed by atoms with Crippen molar-refractivity contribution >= 4 is 6.01 Å². The van der Waals surface area contributed by atoms with Gasteiger partial charge in [0.15, 0.2) is 5.82 Å². The van der Waals surface area contributed by atoms with Gasteiger partial charge in [-0.1, -0.05) is 31.1 Å². The molecule has 1 atom stereocenters. The van der Waals surface area contributed by atoms with Gasteiger partial charge in [0.1, 0.15) is 0 Å². The number of alkyl halides is 3. The Balaban J connectivity index is 2.14. The standard InChI is InChI=1S/C14H16F3N3O/c1-8(2)12-19-13(21-20-12)18-9(3)10-5-4-6-11(7-10)14(15,16)17/h4-9H,1-3H3,(H,18,19,20). The second-order valence-electron chi connectivity index (χ2n) is 5.10. The van der Waals surface area contributed by atoms with E-state index in [-0.39, 0.29) is 18.0 Å². The lowest BCUT2D eigenvalue weighted by atomic mass is 10.1. The Labute approximate surface area is 120 Å². The van der Waals surface area contributed by atoms with Crippen molar-refractivity contribution in [1.82, 2.24) is 10.1 Å². The molecule has 21 heavy (non-hydrogen) atoms. The molecule has 0 aliphatic heterocycles. The van der Waals surface area contributed by atoms with E-state index in [1.54, 1.807) is 13.0 Å². The Hall–Kier alpha value is -2.05. The molecule has 0 bridgehead atoms. The smallest absolute Gasteiger partial charge is 0.331 e. The summed E-state index contributed by atoms with van der Waals surface area (Å²) in [4.78, 5) is 4.14. The summed E-state index contributed by atoms with van der Waals surface area (Å²) in [7, 11) is 0. The highest BCUT2D eigenvalue weighted by Crippen LogP contribution is 2.31. The molecule has 0 radical (unpaired) electrons. The van der Waals surface area contributed by atoms with Crippen molar-refractivity contribution in [3.8, 4) is 0 Å². The van der Waals surface area contributed by atoms with Crippen LogP contribution in [0.3, 0.4) is 0 Å². The zero-order valence-electron chi connectivity index (χ0n) is 11.9. The molecule has 0 amide bonds. The van der Waals surface area contributed by atoms with Crippen LogP contribution in [-0.2, 0) is 6.18 Å². The van der Waals surface area contributed by atoms with Gasteiger partial charge >= 0.3 is 12.2 Å². The Kier molecular flexibility index (Phi) is 4.20. The van der Waals surface area contributed by atoms with E-state index in [0.29, 0.717) is 11.4 Å². The predicted octanol–water partition coefficient (Wildman–Crippen LogP) is 4.38. The highest BCUT2D eigenvalue weighted by atomic mass is 19.4. The van der Waals surface area contributed by atoms with Gasteiger partial charge in [0.25, 0.3) is 0 Å². The van der Waals surface area contributed by atoms with Crippen LogP contribution in [-0.4, -0.2) is 10.1 Å². The Morgan fingerprint density at radius 1 is 1.19 bits per heavy atom. The second-order valence-corrected chi connectivity index (χ2v) is 5.10. The molecule has 1 heterocycles. The van der Waals surface area contributed by atoms with Gasteiger partial charge in [-0.3, -0.25) is 0 Å². The maximum Gasteiger partial charge on any atom is 0.416 e. The molecule has 114 valence electrons. The minimum Gasteiger partial charge on any atom is -0.331 e. The van der Waals surface area contributed by atoms with Crippen LogP contribution in [0.1, 0.15) is 49.7 Å². The van der Waals surface area contributed by atoms with Crippen LogP contribution in [0.25, 0.3) is 0 Å². The van der Waals surface area contributed by atoms with Crippen molar-refractivity contribution < 1.29 is 17.7 Å². The van der Waals surface area contributed by atoms with Crippen LogP contribution in [0.4, 0.5) is 19.2 Å². The van der Waals surface area contributed by atoms with Crippen LogP contribution in [0, 0.1) is 0 Å². The van der Waals surface area contributed by atoms with Crippen LogP contribution in [0.2, 0.25) is 0 Å². The molecule has 2 aromatic rings. The molecular formula is C14H16F3N3O. The Bertz CT molecular complexity index is 608. The van der Waals surface area contributed by atoms with E-state index in [9.17, 15) is 13.2 Å². The summed E-state index contributed by atoms with van der Waals surface area (Å²) in [6.07, 6.45) is -4.36. The molecule has 1 N–H and O–H groups in total. The lowest BCUT2D eigenvalue weighted by molar-refractivity contribution is -0.137. The van der Waals surface area contributed by atoms with E-state index < -0.39 is 11.7 Å². The number of halogens is 3. The normalized spacial score (nSPS) is 13.5. The molecule has 2 rings (SSSR count). The van der Waals surface area contributed by atoms with Gasteiger partial charge in [-0.05, 0) is 24.6 Å². The zero-order valence-corrected chi connectivity index (χ0v) is 11.9. The highest BCUT2D eigenvalue weighted by molar-refractivity contribution is 5.33. The van der Waals surface area contributed by atoms with Crippen LogP contribution in [0.15, 0.2) is 28.8 Å². The molecule has 0 saturated carbocycles. The van der Waals surface area contributed by atoms with E-state index in [1.807, 2.05) is 13.8 Å². The largest absolute Gasteiger partial charge is 0.416 e. The third-order valence-electron chi connectivity index (χ3n) is 3.01. The third-order valence-corrected chi connectivity index (χ3v) is 3.01. The van der Waals surface area contributed by atoms with Crippen molar-refractivity contribution in [2.75, 3.05) is 5.32 Å². The summed E-state index contributed by atoms with van der Waals surface area (Å²) >= 11 is 0. The van der Waals surface area contributed by atoms with E-state index >= 15 is 0 Å². The number of hydrogen-bond donors (Lipinski definition) is 1. The molecule has 0 aliphatic carbocycles. The summed E-state index contributed by atoms with van der Waals surface area (Å²) < 4.78 is 43.1. The SMILES string of the molecule is CC(C)c1noc(NC(C)c2cccc(C(F)(F)F)c2)n1. The summed E-state index contributed by atoms with van der Waals surface area (Å²) in [6.45, 7) is 5.57. The molecule has 0 fully saturated rings. The van der Waals surface area contributed by atoms with Crippen molar-refractivity contribution in [3.63, 3.8) is 0 Å². The van der Waals surface area contributed by atoms with Gasteiger partial charge in [0.05, 0.1) is 11.6 Å². The quantitative estimate of drug-likeness (QED) is 0.910. The molecule has 1 aromatic carbocycles. The zero-order chi connectivity index (χ0) is 15.6. The molecular weight excluding hydrogens is 283 g/mol. The first-order chi connectivity index (χ1) is 9.77. The van der Waals surface area contributed by atoms with Gasteiger partial charge in [0, 0.05) is 5.92 Å². The summed E-state index contributed by atoms with van der Waals surface area (Å²) in [5, 5.41) is 6.70. The topological polar surface area (TPSA) is 51.0 Å². The minimum absolute atomic E-state index is 0.119. The first-order valence-corrected chi connectivity index (χ1v) is 6.54. The highest BCUT2D eigenvalue weighted by Gasteiger charge is 2.30. The fourth-order valence-corrected chi connectivity index (χ4v) is 1.78. The van der Waals surface area contributed by atoms with Gasteiger partial charge in [-0.2, -0.15) is 18.2 Å². The second kappa shape index (κ2) is 5.75. The van der Waals surface area contributed by atoms with Gasteiger partial charge in [-0.15, -0.1) is 0 Å². The third kappa shape index (κ3) is 3.74. The summed E-state index contributed by atoms with van der Waals surface area (Å²) in [6, 6.07) is 4.96. The van der Waals surface area contributed by atoms with Crippen LogP contribution in [0.5, 0.6) is 0 Å². The summed E-state index contributed by atoms with van der Waals surface area (Å²) in [5.41, 5.74) is -0.184. The minimum atomic E-state index is -4.36. The lowest BCUT2D eigenvalue weighted by Gasteiger charge is -2.14. The van der Waals surface area contributed by atoms with E-state index in [4.69, 9.17) is 4.52 Å². The Morgan fingerprint density at radius 3 is 2.48 bits per heavy atom. The van der Waals surface area contributed by atoms with Gasteiger partial charge in [-0.25, -0.2) is 0 Å². The average molecular weight is 299 g/mol. The Morgan fingerprint density at radius 2 is 1.90 bits per heavy atom. The molecule has 7 heteroatoms. The van der Waals surface area contributed by atoms with Crippen LogP contribution < -0.4 is 5.32 Å². The maximum atomic E-state index is 12.7. The molecule has 1 unspecified atom stereocenters. The number of nitrogens with one attached hydrogen (secondary N) is 1. The predicted molar refractivity (Wildman–Crippen MR) is 71.9 cm³/mol. The fourth-order valence-electron chi connectivity index (χ4n) is 1.78. The van der Waals surface area contributed by atoms with Crippen molar-refractivity contribution in [3.05, 3.63) is 41.2 Å². The lowest BCUT2D eigenvalue weighted by Crippen LogP contribution is -2.10. The number of benzene rings is 1. The molecule has 0 aliphatic rings.